The molecular weight excluding hydrogens is 242 g/mol. The van der Waals surface area contributed by atoms with Crippen LogP contribution in [0.2, 0.25) is 0 Å². The van der Waals surface area contributed by atoms with E-state index < -0.39 is 0 Å². The lowest BCUT2D eigenvalue weighted by Gasteiger charge is -1.99. The van der Waals surface area contributed by atoms with E-state index in [-0.39, 0.29) is 0 Å². The highest BCUT2D eigenvalue weighted by atomic mass is 79.9. The number of halogens is 1. The number of nitrogens with zero attached hydrogens (tertiary/aromatic N) is 1. The van der Waals surface area contributed by atoms with Crippen molar-refractivity contribution >= 4 is 15.9 Å². The highest BCUT2D eigenvalue weighted by Gasteiger charge is 2.10. The van der Waals surface area contributed by atoms with Crippen LogP contribution in [0.4, 0.5) is 0 Å². The minimum atomic E-state index is 0.614. The van der Waals surface area contributed by atoms with Gasteiger partial charge in [0.05, 0.1) is 22.4 Å². The molecule has 14 heavy (non-hydrogen) atoms. The van der Waals surface area contributed by atoms with Gasteiger partial charge in [0.25, 0.3) is 0 Å². The number of nitriles is 1. The van der Waals surface area contributed by atoms with Crippen LogP contribution in [-0.4, -0.2) is 0 Å². The van der Waals surface area contributed by atoms with Crippen LogP contribution < -0.4 is 0 Å². The van der Waals surface area contributed by atoms with Crippen molar-refractivity contribution in [3.8, 4) is 17.4 Å². The molecule has 0 unspecified atom stereocenters. The molecule has 0 aliphatic rings. The molecule has 1 heterocycles. The molecule has 0 radical (unpaired) electrons. The van der Waals surface area contributed by atoms with Crippen molar-refractivity contribution in [2.75, 3.05) is 0 Å². The fraction of sp³-hybridized carbons (Fsp3) is 0. The van der Waals surface area contributed by atoms with Gasteiger partial charge in [-0.3, -0.25) is 0 Å². The maximum Gasteiger partial charge on any atom is 0.149 e. The Morgan fingerprint density at radius 3 is 2.64 bits per heavy atom. The summed E-state index contributed by atoms with van der Waals surface area (Å²) in [7, 11) is 0. The SMILES string of the molecule is N#Cc1ccccc1-c1occc1Br. The third-order valence-corrected chi connectivity index (χ3v) is 2.53. The van der Waals surface area contributed by atoms with Crippen molar-refractivity contribution in [2.45, 2.75) is 0 Å². The molecule has 1 aromatic heterocycles. The minimum Gasteiger partial charge on any atom is -0.463 e. The molecule has 0 saturated heterocycles. The number of benzene rings is 1. The molecule has 68 valence electrons. The van der Waals surface area contributed by atoms with Crippen molar-refractivity contribution in [1.29, 1.82) is 5.26 Å². The molecule has 2 aromatic rings. The summed E-state index contributed by atoms with van der Waals surface area (Å²) in [6, 6.07) is 11.3. The van der Waals surface area contributed by atoms with Crippen molar-refractivity contribution in [3.05, 3.63) is 46.6 Å². The van der Waals surface area contributed by atoms with Gasteiger partial charge in [-0.15, -0.1) is 0 Å². The van der Waals surface area contributed by atoms with E-state index in [4.69, 9.17) is 9.68 Å². The summed E-state index contributed by atoms with van der Waals surface area (Å²) in [6.07, 6.45) is 1.59. The Bertz CT molecular complexity index is 496. The van der Waals surface area contributed by atoms with E-state index in [0.29, 0.717) is 11.3 Å². The summed E-state index contributed by atoms with van der Waals surface area (Å²) in [4.78, 5) is 0. The van der Waals surface area contributed by atoms with Gasteiger partial charge >= 0.3 is 0 Å². The average Bonchev–Trinajstić information content (AvgIpc) is 2.64. The Balaban J connectivity index is 2.64. The van der Waals surface area contributed by atoms with E-state index in [9.17, 15) is 0 Å². The standard InChI is InChI=1S/C11H6BrNO/c12-10-5-6-14-11(10)9-4-2-1-3-8(9)7-13/h1-6H. The van der Waals surface area contributed by atoms with Crippen molar-refractivity contribution in [2.24, 2.45) is 0 Å². The Kier molecular flexibility index (Phi) is 2.38. The van der Waals surface area contributed by atoms with E-state index in [2.05, 4.69) is 22.0 Å². The molecule has 0 bridgehead atoms. The molecule has 0 spiro atoms. The molecule has 3 heteroatoms. The highest BCUT2D eigenvalue weighted by molar-refractivity contribution is 9.10. The maximum atomic E-state index is 8.90. The zero-order valence-corrected chi connectivity index (χ0v) is 8.78. The molecule has 0 aliphatic heterocycles. The topological polar surface area (TPSA) is 36.9 Å². The van der Waals surface area contributed by atoms with Gasteiger partial charge in [-0.25, -0.2) is 0 Å². The van der Waals surface area contributed by atoms with E-state index in [0.717, 1.165) is 10.0 Å². The van der Waals surface area contributed by atoms with Crippen molar-refractivity contribution in [3.63, 3.8) is 0 Å². The van der Waals surface area contributed by atoms with E-state index in [1.807, 2.05) is 24.3 Å². The Labute approximate surface area is 89.9 Å². The van der Waals surface area contributed by atoms with Gasteiger partial charge in [-0.2, -0.15) is 5.26 Å². The summed E-state index contributed by atoms with van der Waals surface area (Å²) in [6.45, 7) is 0. The van der Waals surface area contributed by atoms with Gasteiger partial charge in [-0.1, -0.05) is 12.1 Å². The molecule has 0 atom stereocenters. The first-order valence-corrected chi connectivity index (χ1v) is 4.84. The van der Waals surface area contributed by atoms with Crippen molar-refractivity contribution < 1.29 is 4.42 Å². The minimum absolute atomic E-state index is 0.614. The monoisotopic (exact) mass is 247 g/mol. The fourth-order valence-electron chi connectivity index (χ4n) is 1.26. The Hall–Kier alpha value is -1.53. The van der Waals surface area contributed by atoms with E-state index >= 15 is 0 Å². The van der Waals surface area contributed by atoms with Crippen LogP contribution in [0.25, 0.3) is 11.3 Å². The molecule has 0 saturated carbocycles. The first kappa shape index (κ1) is 9.04. The largest absolute Gasteiger partial charge is 0.463 e. The summed E-state index contributed by atoms with van der Waals surface area (Å²) >= 11 is 3.36. The second-order valence-corrected chi connectivity index (χ2v) is 3.61. The first-order valence-electron chi connectivity index (χ1n) is 4.05. The first-order chi connectivity index (χ1) is 6.83. The molecule has 2 nitrogen and oxygen atoms in total. The summed E-state index contributed by atoms with van der Waals surface area (Å²) in [5.41, 5.74) is 1.43. The predicted molar refractivity (Wildman–Crippen MR) is 56.6 cm³/mol. The summed E-state index contributed by atoms with van der Waals surface area (Å²) in [5.74, 6) is 0.696. The molecule has 0 N–H and O–H groups in total. The second-order valence-electron chi connectivity index (χ2n) is 2.76. The van der Waals surface area contributed by atoms with Gasteiger partial charge in [0.2, 0.25) is 0 Å². The van der Waals surface area contributed by atoms with E-state index in [1.54, 1.807) is 12.3 Å². The second kappa shape index (κ2) is 3.69. The van der Waals surface area contributed by atoms with E-state index in [1.165, 1.54) is 0 Å². The van der Waals surface area contributed by atoms with Crippen LogP contribution in [0.1, 0.15) is 5.56 Å². The lowest BCUT2D eigenvalue weighted by atomic mass is 10.1. The Morgan fingerprint density at radius 2 is 2.00 bits per heavy atom. The third-order valence-electron chi connectivity index (χ3n) is 1.91. The van der Waals surface area contributed by atoms with Crippen molar-refractivity contribution in [1.82, 2.24) is 0 Å². The fourth-order valence-corrected chi connectivity index (χ4v) is 1.68. The summed E-state index contributed by atoms with van der Waals surface area (Å²) < 4.78 is 6.16. The number of hydrogen-bond acceptors (Lipinski definition) is 2. The zero-order chi connectivity index (χ0) is 9.97. The molecule has 0 amide bonds. The average molecular weight is 248 g/mol. The smallest absolute Gasteiger partial charge is 0.149 e. The van der Waals surface area contributed by atoms with Gasteiger partial charge in [-0.05, 0) is 34.1 Å². The van der Waals surface area contributed by atoms with Crippen LogP contribution >= 0.6 is 15.9 Å². The lowest BCUT2D eigenvalue weighted by Crippen LogP contribution is -1.81. The normalized spacial score (nSPS) is 9.71. The number of furan rings is 1. The van der Waals surface area contributed by atoms with Gasteiger partial charge in [0.15, 0.2) is 0 Å². The van der Waals surface area contributed by atoms with Crippen LogP contribution in [0.3, 0.4) is 0 Å². The molecule has 2 rings (SSSR count). The molecule has 1 aromatic carbocycles. The van der Waals surface area contributed by atoms with Gasteiger partial charge < -0.3 is 4.42 Å². The molecule has 0 fully saturated rings. The molecular formula is C11H6BrNO. The molecule has 0 aliphatic carbocycles. The summed E-state index contributed by atoms with van der Waals surface area (Å²) in [5, 5.41) is 8.90. The van der Waals surface area contributed by atoms with Gasteiger partial charge in [0, 0.05) is 5.56 Å². The van der Waals surface area contributed by atoms with Crippen LogP contribution in [0.5, 0.6) is 0 Å². The third kappa shape index (κ3) is 1.45. The number of rotatable bonds is 1. The lowest BCUT2D eigenvalue weighted by molar-refractivity contribution is 0.581. The number of hydrogen-bond donors (Lipinski definition) is 0. The van der Waals surface area contributed by atoms with Crippen LogP contribution in [0.15, 0.2) is 45.5 Å². The predicted octanol–water partition coefficient (Wildman–Crippen LogP) is 3.58. The maximum absolute atomic E-state index is 8.90. The Morgan fingerprint density at radius 1 is 1.21 bits per heavy atom. The highest BCUT2D eigenvalue weighted by Crippen LogP contribution is 2.31. The zero-order valence-electron chi connectivity index (χ0n) is 7.20. The van der Waals surface area contributed by atoms with Crippen LogP contribution in [0, 0.1) is 11.3 Å². The quantitative estimate of drug-likeness (QED) is 0.773. The van der Waals surface area contributed by atoms with Crippen LogP contribution in [-0.2, 0) is 0 Å². The van der Waals surface area contributed by atoms with Gasteiger partial charge in [0.1, 0.15) is 5.76 Å².